The van der Waals surface area contributed by atoms with Crippen LogP contribution < -0.4 is 0 Å². The molecular weight excluding hydrogens is 301 g/mol. The predicted molar refractivity (Wildman–Crippen MR) is 96.7 cm³/mol. The van der Waals surface area contributed by atoms with Crippen molar-refractivity contribution in [2.75, 3.05) is 14.1 Å². The maximum absolute atomic E-state index is 14.0. The van der Waals surface area contributed by atoms with Gasteiger partial charge in [-0.1, -0.05) is 49.4 Å². The molecule has 0 spiro atoms. The molecule has 0 aliphatic carbocycles. The summed E-state index contributed by atoms with van der Waals surface area (Å²) in [7, 11) is 4.00. The van der Waals surface area contributed by atoms with E-state index in [0.29, 0.717) is 12.8 Å². The highest BCUT2D eigenvalue weighted by Crippen LogP contribution is 2.39. The molecule has 0 fully saturated rings. The highest BCUT2D eigenvalue weighted by Gasteiger charge is 2.42. The molecule has 0 unspecified atom stereocenters. The Labute approximate surface area is 144 Å². The Kier molecular flexibility index (Phi) is 5.89. The molecule has 0 heterocycles. The fraction of sp³-hybridized carbons (Fsp3) is 0.381. The Hall–Kier alpha value is -2.00. The van der Waals surface area contributed by atoms with E-state index in [1.165, 1.54) is 12.1 Å². The van der Waals surface area contributed by atoms with Crippen molar-refractivity contribution in [3.63, 3.8) is 0 Å². The van der Waals surface area contributed by atoms with E-state index < -0.39 is 5.41 Å². The molecule has 0 aliphatic heterocycles. The third-order valence-corrected chi connectivity index (χ3v) is 4.86. The zero-order valence-corrected chi connectivity index (χ0v) is 14.9. The molecule has 0 bridgehead atoms. The van der Waals surface area contributed by atoms with E-state index in [1.54, 1.807) is 6.07 Å². The summed E-state index contributed by atoms with van der Waals surface area (Å²) < 4.78 is 14.0. The summed E-state index contributed by atoms with van der Waals surface area (Å²) in [4.78, 5) is 15.3. The Bertz CT molecular complexity index is 683. The molecule has 24 heavy (non-hydrogen) atoms. The van der Waals surface area contributed by atoms with Crippen LogP contribution in [0.3, 0.4) is 0 Å². The topological polar surface area (TPSA) is 20.3 Å². The second-order valence-corrected chi connectivity index (χ2v) is 6.58. The van der Waals surface area contributed by atoms with Crippen LogP contribution in [0.15, 0.2) is 54.6 Å². The van der Waals surface area contributed by atoms with Gasteiger partial charge in [0.1, 0.15) is 11.6 Å². The number of hydrogen-bond acceptors (Lipinski definition) is 2. The molecule has 2 aromatic carbocycles. The van der Waals surface area contributed by atoms with Crippen LogP contribution in [0, 0.1) is 5.82 Å². The number of carbonyl (C=O) groups excluding carboxylic acids is 1. The minimum atomic E-state index is -0.832. The molecule has 3 heteroatoms. The molecule has 2 rings (SSSR count). The highest BCUT2D eigenvalue weighted by molar-refractivity contribution is 5.93. The summed E-state index contributed by atoms with van der Waals surface area (Å²) in [6.07, 6.45) is 1.02. The largest absolute Gasteiger partial charge is 0.307 e. The second kappa shape index (κ2) is 7.71. The lowest BCUT2D eigenvalue weighted by Gasteiger charge is -2.37. The number of ketones is 1. The fourth-order valence-corrected chi connectivity index (χ4v) is 3.24. The van der Waals surface area contributed by atoms with E-state index in [0.717, 1.165) is 11.1 Å². The Morgan fingerprint density at radius 1 is 1.08 bits per heavy atom. The number of Topliss-reactive ketones (excluding diaryl/α,β-unsaturated/α-hetero) is 1. The first-order valence-electron chi connectivity index (χ1n) is 8.43. The number of rotatable bonds is 7. The molecule has 128 valence electrons. The van der Waals surface area contributed by atoms with Gasteiger partial charge in [0, 0.05) is 12.5 Å². The Morgan fingerprint density at radius 3 is 2.25 bits per heavy atom. The number of carbonyl (C=O) groups is 1. The van der Waals surface area contributed by atoms with Crippen LogP contribution >= 0.6 is 0 Å². The lowest BCUT2D eigenvalue weighted by atomic mass is 9.67. The zero-order chi connectivity index (χ0) is 17.7. The third kappa shape index (κ3) is 3.57. The highest BCUT2D eigenvalue weighted by atomic mass is 19.1. The molecule has 2 nitrogen and oxygen atoms in total. The summed E-state index contributed by atoms with van der Waals surface area (Å²) in [6.45, 7) is 3.97. The van der Waals surface area contributed by atoms with Crippen LogP contribution in [0.1, 0.15) is 37.8 Å². The number of halogens is 1. The van der Waals surface area contributed by atoms with Gasteiger partial charge in [0.25, 0.3) is 0 Å². The molecule has 0 amide bonds. The van der Waals surface area contributed by atoms with Crippen molar-refractivity contribution >= 4 is 5.78 Å². The first kappa shape index (κ1) is 18.3. The van der Waals surface area contributed by atoms with Gasteiger partial charge >= 0.3 is 0 Å². The van der Waals surface area contributed by atoms with Gasteiger partial charge in [-0.2, -0.15) is 0 Å². The van der Waals surface area contributed by atoms with Gasteiger partial charge < -0.3 is 4.90 Å². The standard InChI is InChI=1S/C21H26FNO/c1-5-20(24)21(15-16(2)23(3)4,17-10-7-6-8-11-17)18-12-9-13-19(22)14-18/h6-14,16H,5,15H2,1-4H3/t16-,21+/m0/s1. The average Bonchev–Trinajstić information content (AvgIpc) is 2.59. The quantitative estimate of drug-likeness (QED) is 0.750. The van der Waals surface area contributed by atoms with Gasteiger partial charge in [0.15, 0.2) is 0 Å². The van der Waals surface area contributed by atoms with Crippen molar-refractivity contribution in [1.82, 2.24) is 4.90 Å². The molecular formula is C21H26FNO. The van der Waals surface area contributed by atoms with Gasteiger partial charge in [0.05, 0.1) is 5.41 Å². The van der Waals surface area contributed by atoms with Gasteiger partial charge in [0.2, 0.25) is 0 Å². The number of nitrogens with zero attached hydrogens (tertiary/aromatic N) is 1. The summed E-state index contributed by atoms with van der Waals surface area (Å²) >= 11 is 0. The summed E-state index contributed by atoms with van der Waals surface area (Å²) in [5.74, 6) is -0.192. The second-order valence-electron chi connectivity index (χ2n) is 6.58. The van der Waals surface area contributed by atoms with E-state index in [1.807, 2.05) is 57.4 Å². The normalized spacial score (nSPS) is 15.1. The van der Waals surface area contributed by atoms with Crippen LogP contribution in [0.4, 0.5) is 4.39 Å². The molecule has 0 saturated heterocycles. The maximum atomic E-state index is 14.0. The third-order valence-electron chi connectivity index (χ3n) is 4.86. The minimum absolute atomic E-state index is 0.119. The van der Waals surface area contributed by atoms with Gasteiger partial charge in [-0.3, -0.25) is 4.79 Å². The first-order valence-corrected chi connectivity index (χ1v) is 8.43. The van der Waals surface area contributed by atoms with Gasteiger partial charge in [-0.25, -0.2) is 4.39 Å². The molecule has 0 saturated carbocycles. The fourth-order valence-electron chi connectivity index (χ4n) is 3.24. The summed E-state index contributed by atoms with van der Waals surface area (Å²) in [5, 5.41) is 0. The van der Waals surface area contributed by atoms with Crippen LogP contribution in [0.25, 0.3) is 0 Å². The number of hydrogen-bond donors (Lipinski definition) is 0. The predicted octanol–water partition coefficient (Wildman–Crippen LogP) is 4.43. The summed E-state index contributed by atoms with van der Waals surface area (Å²) in [5.41, 5.74) is 0.826. The molecule has 0 radical (unpaired) electrons. The molecule has 0 N–H and O–H groups in total. The van der Waals surface area contributed by atoms with Crippen LogP contribution in [-0.4, -0.2) is 30.8 Å². The lowest BCUT2D eigenvalue weighted by molar-refractivity contribution is -0.123. The van der Waals surface area contributed by atoms with Gasteiger partial charge in [-0.15, -0.1) is 0 Å². The van der Waals surface area contributed by atoms with Crippen LogP contribution in [0.5, 0.6) is 0 Å². The first-order chi connectivity index (χ1) is 11.4. The molecule has 2 aromatic rings. The monoisotopic (exact) mass is 327 g/mol. The maximum Gasteiger partial charge on any atom is 0.147 e. The van der Waals surface area contributed by atoms with E-state index in [2.05, 4.69) is 11.8 Å². The van der Waals surface area contributed by atoms with E-state index in [-0.39, 0.29) is 17.6 Å². The summed E-state index contributed by atoms with van der Waals surface area (Å²) in [6, 6.07) is 16.4. The van der Waals surface area contributed by atoms with E-state index in [4.69, 9.17) is 0 Å². The van der Waals surface area contributed by atoms with Gasteiger partial charge in [-0.05, 0) is 50.7 Å². The minimum Gasteiger partial charge on any atom is -0.307 e. The smallest absolute Gasteiger partial charge is 0.147 e. The lowest BCUT2D eigenvalue weighted by Crippen LogP contribution is -2.43. The van der Waals surface area contributed by atoms with Crippen molar-refractivity contribution in [2.45, 2.75) is 38.1 Å². The SMILES string of the molecule is CCC(=O)[C@](C[C@H](C)N(C)C)(c1ccccc1)c1cccc(F)c1. The zero-order valence-electron chi connectivity index (χ0n) is 14.9. The van der Waals surface area contributed by atoms with E-state index >= 15 is 0 Å². The van der Waals surface area contributed by atoms with Crippen molar-refractivity contribution in [1.29, 1.82) is 0 Å². The Balaban J connectivity index is 2.71. The van der Waals surface area contributed by atoms with Crippen molar-refractivity contribution in [2.24, 2.45) is 0 Å². The molecule has 0 aromatic heterocycles. The van der Waals surface area contributed by atoms with E-state index in [9.17, 15) is 9.18 Å². The van der Waals surface area contributed by atoms with Crippen LogP contribution in [-0.2, 0) is 10.2 Å². The molecule has 0 aliphatic rings. The van der Waals surface area contributed by atoms with Crippen molar-refractivity contribution in [3.8, 4) is 0 Å². The molecule has 2 atom stereocenters. The average molecular weight is 327 g/mol. The van der Waals surface area contributed by atoms with Crippen molar-refractivity contribution < 1.29 is 9.18 Å². The van der Waals surface area contributed by atoms with Crippen molar-refractivity contribution in [3.05, 3.63) is 71.5 Å². The Morgan fingerprint density at radius 2 is 1.71 bits per heavy atom. The van der Waals surface area contributed by atoms with Crippen LogP contribution in [0.2, 0.25) is 0 Å². The number of benzene rings is 2.